The zero-order valence-corrected chi connectivity index (χ0v) is 16.1. The number of hydrogen-bond acceptors (Lipinski definition) is 3. The lowest BCUT2D eigenvalue weighted by Crippen LogP contribution is -2.21. The van der Waals surface area contributed by atoms with Crippen molar-refractivity contribution in [2.75, 3.05) is 7.11 Å². The second-order valence-corrected chi connectivity index (χ2v) is 6.77. The minimum absolute atomic E-state index is 0.446. The second kappa shape index (κ2) is 18.5. The molecule has 1 N–H and O–H groups in total. The van der Waals surface area contributed by atoms with E-state index >= 15 is 0 Å². The minimum atomic E-state index is -0.980. The van der Waals surface area contributed by atoms with Gasteiger partial charge in [-0.25, -0.2) is 4.79 Å². The number of carbonyl (C=O) groups is 1. The molecule has 3 nitrogen and oxygen atoms in total. The standard InChI is InChI=1S/C21H40O3/c1-3-4-5-6-7-8-9-10-11-12-13-14-15-16-17-18-19-20(22)21(23)24-2/h16-17,20,22H,3-15,18-19H2,1-2H3/t20-/m0/s1. The molecule has 0 aliphatic carbocycles. The van der Waals surface area contributed by atoms with Crippen LogP contribution in [0.4, 0.5) is 0 Å². The molecule has 0 heterocycles. The van der Waals surface area contributed by atoms with Crippen LogP contribution in [0.15, 0.2) is 12.2 Å². The van der Waals surface area contributed by atoms with Gasteiger partial charge in [-0.3, -0.25) is 0 Å². The fourth-order valence-corrected chi connectivity index (χ4v) is 2.85. The van der Waals surface area contributed by atoms with Crippen LogP contribution >= 0.6 is 0 Å². The van der Waals surface area contributed by atoms with E-state index in [2.05, 4.69) is 23.8 Å². The van der Waals surface area contributed by atoms with Crippen LogP contribution in [0.3, 0.4) is 0 Å². The predicted octanol–water partition coefficient (Wildman–Crippen LogP) is 5.95. The molecular weight excluding hydrogens is 300 g/mol. The van der Waals surface area contributed by atoms with Crippen LogP contribution in [0.5, 0.6) is 0 Å². The monoisotopic (exact) mass is 340 g/mol. The van der Waals surface area contributed by atoms with Crippen molar-refractivity contribution in [3.63, 3.8) is 0 Å². The molecule has 142 valence electrons. The summed E-state index contributed by atoms with van der Waals surface area (Å²) in [6, 6.07) is 0. The van der Waals surface area contributed by atoms with Crippen LogP contribution in [0.25, 0.3) is 0 Å². The number of unbranched alkanes of at least 4 members (excludes halogenated alkanes) is 12. The number of aliphatic hydroxyl groups is 1. The topological polar surface area (TPSA) is 46.5 Å². The SMILES string of the molecule is CCCCCCCCCCCCCCC=CCC[C@H](O)C(=O)OC. The summed E-state index contributed by atoms with van der Waals surface area (Å²) in [6.45, 7) is 2.27. The van der Waals surface area contributed by atoms with Gasteiger partial charge >= 0.3 is 5.97 Å². The molecule has 24 heavy (non-hydrogen) atoms. The number of rotatable bonds is 17. The lowest BCUT2D eigenvalue weighted by Gasteiger charge is -2.05. The summed E-state index contributed by atoms with van der Waals surface area (Å²) >= 11 is 0. The lowest BCUT2D eigenvalue weighted by molar-refractivity contribution is -0.150. The highest BCUT2D eigenvalue weighted by Crippen LogP contribution is 2.12. The summed E-state index contributed by atoms with van der Waals surface area (Å²) in [4.78, 5) is 11.0. The Labute approximate surface area is 149 Å². The van der Waals surface area contributed by atoms with E-state index in [4.69, 9.17) is 0 Å². The van der Waals surface area contributed by atoms with E-state index in [0.717, 1.165) is 12.8 Å². The van der Waals surface area contributed by atoms with Gasteiger partial charge < -0.3 is 9.84 Å². The number of allylic oxidation sites excluding steroid dienone is 2. The van der Waals surface area contributed by atoms with Gasteiger partial charge in [0.15, 0.2) is 6.10 Å². The molecule has 0 spiro atoms. The molecular formula is C21H40O3. The van der Waals surface area contributed by atoms with Gasteiger partial charge in [0.25, 0.3) is 0 Å². The summed E-state index contributed by atoms with van der Waals surface area (Å²) in [5.41, 5.74) is 0. The predicted molar refractivity (Wildman–Crippen MR) is 102 cm³/mol. The van der Waals surface area contributed by atoms with Crippen molar-refractivity contribution in [1.82, 2.24) is 0 Å². The van der Waals surface area contributed by atoms with Gasteiger partial charge in [-0.15, -0.1) is 0 Å². The van der Waals surface area contributed by atoms with Crippen molar-refractivity contribution in [3.8, 4) is 0 Å². The van der Waals surface area contributed by atoms with Gasteiger partial charge in [-0.2, -0.15) is 0 Å². The Morgan fingerprint density at radius 3 is 1.79 bits per heavy atom. The summed E-state index contributed by atoms with van der Waals surface area (Å²) in [6.07, 6.45) is 22.1. The van der Waals surface area contributed by atoms with Crippen LogP contribution in [-0.2, 0) is 9.53 Å². The number of aliphatic hydroxyl groups excluding tert-OH is 1. The molecule has 0 saturated heterocycles. The average Bonchev–Trinajstić information content (AvgIpc) is 2.60. The third kappa shape index (κ3) is 16.0. The number of hydrogen-bond donors (Lipinski definition) is 1. The highest BCUT2D eigenvalue weighted by atomic mass is 16.5. The number of ether oxygens (including phenoxy) is 1. The fraction of sp³-hybridized carbons (Fsp3) is 0.857. The quantitative estimate of drug-likeness (QED) is 0.202. The smallest absolute Gasteiger partial charge is 0.334 e. The van der Waals surface area contributed by atoms with Crippen LogP contribution < -0.4 is 0 Å². The van der Waals surface area contributed by atoms with E-state index in [1.165, 1.54) is 84.2 Å². The molecule has 1 atom stereocenters. The van der Waals surface area contributed by atoms with E-state index in [1.807, 2.05) is 0 Å². The first-order valence-corrected chi connectivity index (χ1v) is 10.1. The van der Waals surface area contributed by atoms with Crippen molar-refractivity contribution in [3.05, 3.63) is 12.2 Å². The Kier molecular flexibility index (Phi) is 17.9. The highest BCUT2D eigenvalue weighted by Gasteiger charge is 2.13. The van der Waals surface area contributed by atoms with E-state index < -0.39 is 12.1 Å². The summed E-state index contributed by atoms with van der Waals surface area (Å²) in [7, 11) is 1.30. The molecule has 3 heteroatoms. The van der Waals surface area contributed by atoms with E-state index in [0.29, 0.717) is 6.42 Å². The first-order valence-electron chi connectivity index (χ1n) is 10.1. The van der Waals surface area contributed by atoms with Crippen LogP contribution in [0.2, 0.25) is 0 Å². The van der Waals surface area contributed by atoms with Gasteiger partial charge in [-0.1, -0.05) is 89.7 Å². The average molecular weight is 341 g/mol. The van der Waals surface area contributed by atoms with Gasteiger partial charge in [-0.05, 0) is 25.7 Å². The first-order chi connectivity index (χ1) is 11.7. The second-order valence-electron chi connectivity index (χ2n) is 6.77. The molecule has 0 aromatic rings. The molecule has 0 aromatic heterocycles. The number of methoxy groups -OCH3 is 1. The maximum absolute atomic E-state index is 11.0. The molecule has 0 rings (SSSR count). The van der Waals surface area contributed by atoms with E-state index in [9.17, 15) is 9.90 Å². The van der Waals surface area contributed by atoms with Gasteiger partial charge in [0.1, 0.15) is 0 Å². The molecule has 0 aliphatic rings. The lowest BCUT2D eigenvalue weighted by atomic mass is 10.0. The van der Waals surface area contributed by atoms with Crippen molar-refractivity contribution in [2.24, 2.45) is 0 Å². The van der Waals surface area contributed by atoms with Gasteiger partial charge in [0.05, 0.1) is 7.11 Å². The Bertz CT molecular complexity index is 299. The van der Waals surface area contributed by atoms with Crippen LogP contribution in [0.1, 0.15) is 103 Å². The van der Waals surface area contributed by atoms with Crippen molar-refractivity contribution in [2.45, 2.75) is 109 Å². The minimum Gasteiger partial charge on any atom is -0.467 e. The molecule has 0 amide bonds. The Morgan fingerprint density at radius 1 is 0.833 bits per heavy atom. The molecule has 0 fully saturated rings. The fourth-order valence-electron chi connectivity index (χ4n) is 2.85. The zero-order chi connectivity index (χ0) is 17.9. The summed E-state index contributed by atoms with van der Waals surface area (Å²) in [5, 5.41) is 9.42. The number of esters is 1. The molecule has 0 radical (unpaired) electrons. The molecule has 0 aliphatic heterocycles. The Morgan fingerprint density at radius 2 is 1.29 bits per heavy atom. The third-order valence-electron chi connectivity index (χ3n) is 4.47. The maximum atomic E-state index is 11.0. The summed E-state index contributed by atoms with van der Waals surface area (Å²) < 4.78 is 4.48. The van der Waals surface area contributed by atoms with Crippen molar-refractivity contribution in [1.29, 1.82) is 0 Å². The largest absolute Gasteiger partial charge is 0.467 e. The molecule has 0 unspecified atom stereocenters. The Balaban J connectivity index is 3.19. The molecule has 0 aromatic carbocycles. The maximum Gasteiger partial charge on any atom is 0.334 e. The zero-order valence-electron chi connectivity index (χ0n) is 16.1. The van der Waals surface area contributed by atoms with E-state index in [1.54, 1.807) is 0 Å². The molecule has 0 bridgehead atoms. The van der Waals surface area contributed by atoms with E-state index in [-0.39, 0.29) is 0 Å². The first kappa shape index (κ1) is 23.2. The normalized spacial score (nSPS) is 12.6. The van der Waals surface area contributed by atoms with Crippen molar-refractivity contribution < 1.29 is 14.6 Å². The van der Waals surface area contributed by atoms with Crippen molar-refractivity contribution >= 4 is 5.97 Å². The van der Waals surface area contributed by atoms with Gasteiger partial charge in [0.2, 0.25) is 0 Å². The van der Waals surface area contributed by atoms with Gasteiger partial charge in [0, 0.05) is 0 Å². The number of carbonyl (C=O) groups excluding carboxylic acids is 1. The van der Waals surface area contributed by atoms with Crippen LogP contribution in [-0.4, -0.2) is 24.3 Å². The third-order valence-corrected chi connectivity index (χ3v) is 4.47. The van der Waals surface area contributed by atoms with Crippen LogP contribution in [0, 0.1) is 0 Å². The highest BCUT2D eigenvalue weighted by molar-refractivity contribution is 5.74. The molecule has 0 saturated carbocycles. The summed E-state index contributed by atoms with van der Waals surface area (Å²) in [5.74, 6) is -0.538. The Hall–Kier alpha value is -0.830.